The molecule has 0 aromatic carbocycles. The maximum absolute atomic E-state index is 5.76. The number of aryl methyl sites for hydroxylation is 1. The largest absolute Gasteiger partial charge is 0.474 e. The number of pyridine rings is 1. The molecule has 1 fully saturated rings. The molecule has 0 amide bonds. The van der Waals surface area contributed by atoms with Crippen LogP contribution in [0, 0.1) is 6.92 Å². The fourth-order valence-corrected chi connectivity index (χ4v) is 1.61. The van der Waals surface area contributed by atoms with Crippen LogP contribution in [0.4, 0.5) is 0 Å². The molecule has 1 aliphatic rings. The van der Waals surface area contributed by atoms with Crippen molar-refractivity contribution < 1.29 is 4.74 Å². The zero-order valence-electron chi connectivity index (χ0n) is 8.49. The molecule has 3 heteroatoms. The first-order chi connectivity index (χ1) is 6.84. The van der Waals surface area contributed by atoms with Crippen LogP contribution in [0.5, 0.6) is 5.88 Å². The minimum Gasteiger partial charge on any atom is -0.474 e. The summed E-state index contributed by atoms with van der Waals surface area (Å²) in [5.74, 6) is 0.752. The van der Waals surface area contributed by atoms with Gasteiger partial charge in [0.05, 0.1) is 0 Å². The summed E-state index contributed by atoms with van der Waals surface area (Å²) in [6.07, 6.45) is 4.34. The molecule has 14 heavy (non-hydrogen) atoms. The lowest BCUT2D eigenvalue weighted by Crippen LogP contribution is -2.34. The lowest BCUT2D eigenvalue weighted by Gasteiger charge is -2.23. The first-order valence-electron chi connectivity index (χ1n) is 5.14. The highest BCUT2D eigenvalue weighted by Gasteiger charge is 2.14. The van der Waals surface area contributed by atoms with E-state index in [0.29, 0.717) is 6.10 Å². The van der Waals surface area contributed by atoms with Gasteiger partial charge in [-0.1, -0.05) is 6.07 Å². The maximum atomic E-state index is 5.76. The minimum atomic E-state index is 0.339. The topological polar surface area (TPSA) is 34.1 Å². The minimum absolute atomic E-state index is 0.339. The Kier molecular flexibility index (Phi) is 2.99. The van der Waals surface area contributed by atoms with Gasteiger partial charge in [0.15, 0.2) is 0 Å². The molecule has 1 N–H and O–H groups in total. The van der Waals surface area contributed by atoms with Gasteiger partial charge in [-0.05, 0) is 38.4 Å². The van der Waals surface area contributed by atoms with Crippen LogP contribution in [0.3, 0.4) is 0 Å². The monoisotopic (exact) mass is 192 g/mol. The van der Waals surface area contributed by atoms with E-state index >= 15 is 0 Å². The SMILES string of the molecule is Cc1ccc(OC2CCNCC2)nc1. The Hall–Kier alpha value is -1.09. The molecule has 0 aliphatic carbocycles. The maximum Gasteiger partial charge on any atom is 0.213 e. The van der Waals surface area contributed by atoms with Crippen molar-refractivity contribution in [2.24, 2.45) is 0 Å². The quantitative estimate of drug-likeness (QED) is 0.771. The number of aromatic nitrogens is 1. The van der Waals surface area contributed by atoms with E-state index in [1.807, 2.05) is 25.3 Å². The third kappa shape index (κ3) is 2.45. The second kappa shape index (κ2) is 4.42. The number of ether oxygens (including phenoxy) is 1. The molecule has 0 unspecified atom stereocenters. The molecule has 0 atom stereocenters. The zero-order valence-corrected chi connectivity index (χ0v) is 8.49. The smallest absolute Gasteiger partial charge is 0.213 e. The van der Waals surface area contributed by atoms with E-state index in [1.165, 1.54) is 5.56 Å². The molecule has 3 nitrogen and oxygen atoms in total. The Balaban J connectivity index is 1.92. The van der Waals surface area contributed by atoms with Crippen LogP contribution in [-0.4, -0.2) is 24.2 Å². The standard InChI is InChI=1S/C11H16N2O/c1-9-2-3-11(13-8-9)14-10-4-6-12-7-5-10/h2-3,8,10,12H,4-7H2,1H3. The van der Waals surface area contributed by atoms with Crippen molar-refractivity contribution in [3.63, 3.8) is 0 Å². The molecule has 1 saturated heterocycles. The van der Waals surface area contributed by atoms with E-state index in [4.69, 9.17) is 4.74 Å². The fraction of sp³-hybridized carbons (Fsp3) is 0.545. The Morgan fingerprint density at radius 3 is 2.79 bits per heavy atom. The Morgan fingerprint density at radius 1 is 1.36 bits per heavy atom. The summed E-state index contributed by atoms with van der Waals surface area (Å²) in [4.78, 5) is 4.23. The average Bonchev–Trinajstić information content (AvgIpc) is 2.23. The van der Waals surface area contributed by atoms with E-state index in [0.717, 1.165) is 31.8 Å². The number of hydrogen-bond acceptors (Lipinski definition) is 3. The van der Waals surface area contributed by atoms with Gasteiger partial charge < -0.3 is 10.1 Å². The van der Waals surface area contributed by atoms with E-state index in [-0.39, 0.29) is 0 Å². The molecular weight excluding hydrogens is 176 g/mol. The van der Waals surface area contributed by atoms with Gasteiger partial charge in [-0.25, -0.2) is 4.98 Å². The normalized spacial score (nSPS) is 18.1. The van der Waals surface area contributed by atoms with Crippen LogP contribution in [0.25, 0.3) is 0 Å². The summed E-state index contributed by atoms with van der Waals surface area (Å²) in [7, 11) is 0. The third-order valence-electron chi connectivity index (χ3n) is 2.46. The van der Waals surface area contributed by atoms with Crippen LogP contribution in [-0.2, 0) is 0 Å². The highest BCUT2D eigenvalue weighted by molar-refractivity contribution is 5.16. The molecule has 1 aliphatic heterocycles. The van der Waals surface area contributed by atoms with E-state index in [2.05, 4.69) is 10.3 Å². The van der Waals surface area contributed by atoms with Crippen molar-refractivity contribution in [1.29, 1.82) is 0 Å². The number of nitrogens with zero attached hydrogens (tertiary/aromatic N) is 1. The van der Waals surface area contributed by atoms with Crippen LogP contribution < -0.4 is 10.1 Å². The van der Waals surface area contributed by atoms with Crippen LogP contribution in [0.15, 0.2) is 18.3 Å². The predicted molar refractivity (Wildman–Crippen MR) is 55.5 cm³/mol. The molecule has 1 aromatic rings. The average molecular weight is 192 g/mol. The predicted octanol–water partition coefficient (Wildman–Crippen LogP) is 1.52. The Morgan fingerprint density at radius 2 is 2.14 bits per heavy atom. The third-order valence-corrected chi connectivity index (χ3v) is 2.46. The van der Waals surface area contributed by atoms with E-state index in [1.54, 1.807) is 0 Å². The van der Waals surface area contributed by atoms with Crippen molar-refractivity contribution in [2.45, 2.75) is 25.9 Å². The number of rotatable bonds is 2. The molecule has 2 heterocycles. The van der Waals surface area contributed by atoms with E-state index < -0.39 is 0 Å². The summed E-state index contributed by atoms with van der Waals surface area (Å²) < 4.78 is 5.76. The van der Waals surface area contributed by atoms with Gasteiger partial charge in [-0.3, -0.25) is 0 Å². The summed E-state index contributed by atoms with van der Waals surface area (Å²) in [5.41, 5.74) is 1.17. The molecular formula is C11H16N2O. The highest BCUT2D eigenvalue weighted by atomic mass is 16.5. The summed E-state index contributed by atoms with van der Waals surface area (Å²) in [6, 6.07) is 3.97. The fourth-order valence-electron chi connectivity index (χ4n) is 1.61. The first kappa shape index (κ1) is 9.46. The summed E-state index contributed by atoms with van der Waals surface area (Å²) in [5, 5.41) is 3.31. The number of nitrogens with one attached hydrogen (secondary N) is 1. The molecule has 0 spiro atoms. The van der Waals surface area contributed by atoms with Crippen molar-refractivity contribution in [3.8, 4) is 5.88 Å². The molecule has 0 saturated carbocycles. The van der Waals surface area contributed by atoms with Crippen molar-refractivity contribution in [2.75, 3.05) is 13.1 Å². The van der Waals surface area contributed by atoms with Gasteiger partial charge in [0, 0.05) is 12.3 Å². The van der Waals surface area contributed by atoms with Crippen LogP contribution in [0.2, 0.25) is 0 Å². The summed E-state index contributed by atoms with van der Waals surface area (Å²) in [6.45, 7) is 4.13. The molecule has 0 bridgehead atoms. The molecule has 0 radical (unpaired) electrons. The molecule has 1 aromatic heterocycles. The van der Waals surface area contributed by atoms with Crippen molar-refractivity contribution >= 4 is 0 Å². The lowest BCUT2D eigenvalue weighted by atomic mass is 10.1. The van der Waals surface area contributed by atoms with Gasteiger partial charge in [-0.2, -0.15) is 0 Å². The molecule has 76 valence electrons. The highest BCUT2D eigenvalue weighted by Crippen LogP contribution is 2.13. The van der Waals surface area contributed by atoms with Gasteiger partial charge in [0.1, 0.15) is 6.10 Å². The van der Waals surface area contributed by atoms with Gasteiger partial charge in [0.25, 0.3) is 0 Å². The second-order valence-electron chi connectivity index (χ2n) is 3.74. The van der Waals surface area contributed by atoms with E-state index in [9.17, 15) is 0 Å². The first-order valence-corrected chi connectivity index (χ1v) is 5.14. The zero-order chi connectivity index (χ0) is 9.80. The van der Waals surface area contributed by atoms with Crippen LogP contribution in [0.1, 0.15) is 18.4 Å². The Labute approximate surface area is 84.5 Å². The number of hydrogen-bond donors (Lipinski definition) is 1. The molecule has 2 rings (SSSR count). The second-order valence-corrected chi connectivity index (χ2v) is 3.74. The lowest BCUT2D eigenvalue weighted by molar-refractivity contribution is 0.156. The summed E-state index contributed by atoms with van der Waals surface area (Å²) >= 11 is 0. The number of piperidine rings is 1. The van der Waals surface area contributed by atoms with Gasteiger partial charge >= 0.3 is 0 Å². The van der Waals surface area contributed by atoms with Crippen LogP contribution >= 0.6 is 0 Å². The van der Waals surface area contributed by atoms with Crippen molar-refractivity contribution in [1.82, 2.24) is 10.3 Å². The van der Waals surface area contributed by atoms with Gasteiger partial charge in [0.2, 0.25) is 5.88 Å². The van der Waals surface area contributed by atoms with Crippen molar-refractivity contribution in [3.05, 3.63) is 23.9 Å². The Bertz CT molecular complexity index is 278. The van der Waals surface area contributed by atoms with Gasteiger partial charge in [-0.15, -0.1) is 0 Å².